The predicted octanol–water partition coefficient (Wildman–Crippen LogP) is 2.50. The first kappa shape index (κ1) is 15.9. The number of rotatable bonds is 10. The van der Waals surface area contributed by atoms with E-state index in [4.69, 9.17) is 10.5 Å². The summed E-state index contributed by atoms with van der Waals surface area (Å²) in [4.78, 5) is 2.61. The Labute approximate surface area is 113 Å². The summed E-state index contributed by atoms with van der Waals surface area (Å²) < 4.78 is 5.27. The molecule has 1 rings (SSSR count). The highest BCUT2D eigenvalue weighted by molar-refractivity contribution is 4.90. The average molecular weight is 256 g/mol. The third-order valence-corrected chi connectivity index (χ3v) is 4.45. The molecular weight excluding hydrogens is 224 g/mol. The minimum atomic E-state index is 0.510. The highest BCUT2D eigenvalue weighted by Gasteiger charge is 2.35. The Hall–Kier alpha value is -0.120. The second-order valence-electron chi connectivity index (χ2n) is 5.88. The van der Waals surface area contributed by atoms with E-state index in [1.807, 2.05) is 0 Å². The molecule has 18 heavy (non-hydrogen) atoms. The lowest BCUT2D eigenvalue weighted by Crippen LogP contribution is -2.51. The van der Waals surface area contributed by atoms with Gasteiger partial charge in [-0.1, -0.05) is 20.3 Å². The van der Waals surface area contributed by atoms with Gasteiger partial charge >= 0.3 is 0 Å². The van der Waals surface area contributed by atoms with Crippen LogP contribution in [0.5, 0.6) is 0 Å². The van der Waals surface area contributed by atoms with Crippen LogP contribution in [0.25, 0.3) is 0 Å². The molecule has 3 atom stereocenters. The van der Waals surface area contributed by atoms with Crippen LogP contribution >= 0.6 is 0 Å². The number of hydrogen-bond acceptors (Lipinski definition) is 3. The van der Waals surface area contributed by atoms with Crippen LogP contribution in [0.3, 0.4) is 0 Å². The van der Waals surface area contributed by atoms with Gasteiger partial charge in [-0.3, -0.25) is 4.90 Å². The van der Waals surface area contributed by atoms with Crippen molar-refractivity contribution in [3.8, 4) is 0 Å². The molecule has 3 nitrogen and oxygen atoms in total. The fourth-order valence-electron chi connectivity index (χ4n) is 3.06. The van der Waals surface area contributed by atoms with E-state index in [0.717, 1.165) is 25.6 Å². The summed E-state index contributed by atoms with van der Waals surface area (Å²) in [5.74, 6) is 1.57. The standard InChI is InChI=1S/C15H32N2O/c1-5-6-12(2)15(11-16)17(9-10-18-4)13(3)14-7-8-14/h12-15H,5-11,16H2,1-4H3. The SMILES string of the molecule is CCCC(C)C(CN)N(CCOC)C(C)C1CC1. The van der Waals surface area contributed by atoms with Crippen molar-refractivity contribution in [2.45, 2.75) is 58.5 Å². The third kappa shape index (κ3) is 4.52. The van der Waals surface area contributed by atoms with Gasteiger partial charge in [0.25, 0.3) is 0 Å². The van der Waals surface area contributed by atoms with E-state index < -0.39 is 0 Å². The van der Waals surface area contributed by atoms with Gasteiger partial charge in [-0.15, -0.1) is 0 Å². The van der Waals surface area contributed by atoms with Gasteiger partial charge < -0.3 is 10.5 Å². The zero-order valence-corrected chi connectivity index (χ0v) is 12.7. The first-order valence-corrected chi connectivity index (χ1v) is 7.60. The summed E-state index contributed by atoms with van der Waals surface area (Å²) in [6.45, 7) is 9.57. The summed E-state index contributed by atoms with van der Waals surface area (Å²) in [6.07, 6.45) is 5.30. The maximum absolute atomic E-state index is 6.05. The molecule has 0 aromatic rings. The van der Waals surface area contributed by atoms with Crippen molar-refractivity contribution in [1.29, 1.82) is 0 Å². The summed E-state index contributed by atoms with van der Waals surface area (Å²) in [6, 6.07) is 1.17. The Balaban J connectivity index is 2.63. The fraction of sp³-hybridized carbons (Fsp3) is 1.00. The Bertz CT molecular complexity index is 219. The van der Waals surface area contributed by atoms with Gasteiger partial charge in [0, 0.05) is 32.3 Å². The molecule has 0 spiro atoms. The number of ether oxygens (including phenoxy) is 1. The quantitative estimate of drug-likeness (QED) is 0.652. The first-order chi connectivity index (χ1) is 8.65. The van der Waals surface area contributed by atoms with Crippen molar-refractivity contribution in [1.82, 2.24) is 4.90 Å². The van der Waals surface area contributed by atoms with Crippen molar-refractivity contribution < 1.29 is 4.74 Å². The third-order valence-electron chi connectivity index (χ3n) is 4.45. The number of nitrogens with two attached hydrogens (primary N) is 1. The van der Waals surface area contributed by atoms with Gasteiger partial charge in [0.2, 0.25) is 0 Å². The second kappa shape index (κ2) is 8.13. The van der Waals surface area contributed by atoms with Crippen LogP contribution in [0.15, 0.2) is 0 Å². The summed E-state index contributed by atoms with van der Waals surface area (Å²) in [7, 11) is 1.78. The van der Waals surface area contributed by atoms with Crippen LogP contribution in [-0.2, 0) is 4.74 Å². The molecule has 3 heteroatoms. The Morgan fingerprint density at radius 1 is 1.33 bits per heavy atom. The minimum Gasteiger partial charge on any atom is -0.383 e. The second-order valence-corrected chi connectivity index (χ2v) is 5.88. The largest absolute Gasteiger partial charge is 0.383 e. The van der Waals surface area contributed by atoms with Crippen molar-refractivity contribution >= 4 is 0 Å². The Morgan fingerprint density at radius 3 is 2.44 bits per heavy atom. The molecular formula is C15H32N2O. The van der Waals surface area contributed by atoms with Crippen molar-refractivity contribution in [2.24, 2.45) is 17.6 Å². The molecule has 1 aliphatic carbocycles. The molecule has 0 aromatic heterocycles. The molecule has 1 saturated carbocycles. The van der Waals surface area contributed by atoms with E-state index in [1.54, 1.807) is 7.11 Å². The lowest BCUT2D eigenvalue weighted by atomic mass is 9.93. The van der Waals surface area contributed by atoms with Crippen LogP contribution in [-0.4, -0.2) is 43.8 Å². The van der Waals surface area contributed by atoms with Crippen LogP contribution in [0.2, 0.25) is 0 Å². The number of hydrogen-bond donors (Lipinski definition) is 1. The summed E-state index contributed by atoms with van der Waals surface area (Å²) in [5, 5.41) is 0. The maximum atomic E-state index is 6.05. The van der Waals surface area contributed by atoms with Gasteiger partial charge in [-0.2, -0.15) is 0 Å². The summed E-state index contributed by atoms with van der Waals surface area (Å²) >= 11 is 0. The number of nitrogens with zero attached hydrogens (tertiary/aromatic N) is 1. The van der Waals surface area contributed by atoms with E-state index in [-0.39, 0.29) is 0 Å². The molecule has 108 valence electrons. The van der Waals surface area contributed by atoms with E-state index in [1.165, 1.54) is 25.7 Å². The molecule has 1 aliphatic rings. The smallest absolute Gasteiger partial charge is 0.0589 e. The highest BCUT2D eigenvalue weighted by Crippen LogP contribution is 2.36. The van der Waals surface area contributed by atoms with Gasteiger partial charge in [0.05, 0.1) is 6.61 Å². The molecule has 0 bridgehead atoms. The molecule has 0 amide bonds. The van der Waals surface area contributed by atoms with E-state index in [0.29, 0.717) is 18.0 Å². The lowest BCUT2D eigenvalue weighted by molar-refractivity contribution is 0.0597. The Morgan fingerprint density at radius 2 is 2.00 bits per heavy atom. The minimum absolute atomic E-state index is 0.510. The van der Waals surface area contributed by atoms with Crippen LogP contribution in [0.1, 0.15) is 46.5 Å². The lowest BCUT2D eigenvalue weighted by Gasteiger charge is -2.39. The number of methoxy groups -OCH3 is 1. The Kier molecular flexibility index (Phi) is 7.20. The highest BCUT2D eigenvalue weighted by atomic mass is 16.5. The topological polar surface area (TPSA) is 38.5 Å². The molecule has 0 radical (unpaired) electrons. The van der Waals surface area contributed by atoms with Gasteiger partial charge in [0.1, 0.15) is 0 Å². The zero-order chi connectivity index (χ0) is 13.5. The van der Waals surface area contributed by atoms with Crippen LogP contribution < -0.4 is 5.73 Å². The van der Waals surface area contributed by atoms with Crippen molar-refractivity contribution in [3.63, 3.8) is 0 Å². The molecule has 1 fully saturated rings. The van der Waals surface area contributed by atoms with Crippen LogP contribution in [0.4, 0.5) is 0 Å². The normalized spacial score (nSPS) is 21.0. The van der Waals surface area contributed by atoms with Gasteiger partial charge in [-0.05, 0) is 38.0 Å². The zero-order valence-electron chi connectivity index (χ0n) is 12.7. The van der Waals surface area contributed by atoms with Crippen molar-refractivity contribution in [3.05, 3.63) is 0 Å². The van der Waals surface area contributed by atoms with Gasteiger partial charge in [0.15, 0.2) is 0 Å². The molecule has 0 heterocycles. The monoisotopic (exact) mass is 256 g/mol. The molecule has 0 aliphatic heterocycles. The predicted molar refractivity (Wildman–Crippen MR) is 77.7 cm³/mol. The van der Waals surface area contributed by atoms with E-state index in [2.05, 4.69) is 25.7 Å². The molecule has 2 N–H and O–H groups in total. The summed E-state index contributed by atoms with van der Waals surface area (Å²) in [5.41, 5.74) is 6.05. The first-order valence-electron chi connectivity index (χ1n) is 7.60. The molecule has 0 saturated heterocycles. The molecule has 0 aromatic carbocycles. The maximum Gasteiger partial charge on any atom is 0.0589 e. The van der Waals surface area contributed by atoms with Crippen molar-refractivity contribution in [2.75, 3.05) is 26.8 Å². The van der Waals surface area contributed by atoms with Crippen LogP contribution in [0, 0.1) is 11.8 Å². The van der Waals surface area contributed by atoms with E-state index in [9.17, 15) is 0 Å². The van der Waals surface area contributed by atoms with Gasteiger partial charge in [-0.25, -0.2) is 0 Å². The fourth-order valence-corrected chi connectivity index (χ4v) is 3.06. The molecule has 3 unspecified atom stereocenters. The van der Waals surface area contributed by atoms with E-state index >= 15 is 0 Å². The average Bonchev–Trinajstić information content (AvgIpc) is 3.18.